The quantitative estimate of drug-likeness (QED) is 0.251. The largest absolute Gasteiger partial charge is 0.421 e. The molecule has 0 heterocycles. The first-order valence-corrected chi connectivity index (χ1v) is 4.49. The van der Waals surface area contributed by atoms with Gasteiger partial charge in [-0.25, -0.2) is 4.79 Å². The fraction of sp³-hybridized carbons (Fsp3) is 0.182. The molecule has 0 radical (unpaired) electrons. The molecule has 0 spiro atoms. The Bertz CT molecular complexity index is 421. The van der Waals surface area contributed by atoms with Gasteiger partial charge in [0, 0.05) is 4.92 Å². The topological polar surface area (TPSA) is 69.4 Å². The molecule has 0 N–H and O–H groups in total. The molecule has 0 aliphatic rings. The van der Waals surface area contributed by atoms with Crippen LogP contribution in [0.4, 0.5) is 0 Å². The number of benzene rings is 1. The molecule has 0 aromatic heterocycles. The van der Waals surface area contributed by atoms with Crippen LogP contribution in [0, 0.1) is 22.5 Å². The van der Waals surface area contributed by atoms with Crippen molar-refractivity contribution in [1.82, 2.24) is 0 Å². The number of nitrogens with zero attached hydrogens (tertiary/aromatic N) is 1. The second-order valence-electron chi connectivity index (χ2n) is 2.94. The maximum atomic E-state index is 11.4. The van der Waals surface area contributed by atoms with E-state index in [4.69, 9.17) is 11.2 Å². The van der Waals surface area contributed by atoms with Gasteiger partial charge in [0.2, 0.25) is 0 Å². The summed E-state index contributed by atoms with van der Waals surface area (Å²) < 4.78 is 4.81. The van der Waals surface area contributed by atoms with Gasteiger partial charge in [-0.2, -0.15) is 0 Å². The normalized spacial score (nSPS) is 11.2. The summed E-state index contributed by atoms with van der Waals surface area (Å²) in [6, 6.07) is 6.61. The zero-order valence-corrected chi connectivity index (χ0v) is 8.33. The molecule has 0 bridgehead atoms. The molecule has 0 aliphatic carbocycles. The van der Waals surface area contributed by atoms with Gasteiger partial charge in [-0.05, 0) is 12.1 Å². The Labute approximate surface area is 92.2 Å². The molecule has 1 aromatic rings. The highest BCUT2D eigenvalue weighted by Gasteiger charge is 2.30. The number of hydrogen-bond acceptors (Lipinski definition) is 4. The smallest absolute Gasteiger partial charge is 0.388 e. The van der Waals surface area contributed by atoms with Gasteiger partial charge in [0.1, 0.15) is 5.75 Å². The molecule has 82 valence electrons. The average Bonchev–Trinajstić information content (AvgIpc) is 2.26. The number of esters is 1. The van der Waals surface area contributed by atoms with E-state index in [9.17, 15) is 14.9 Å². The predicted molar refractivity (Wildman–Crippen MR) is 56.3 cm³/mol. The second-order valence-corrected chi connectivity index (χ2v) is 2.94. The fourth-order valence-electron chi connectivity index (χ4n) is 1.03. The number of nitro groups is 1. The number of ether oxygens (including phenoxy) is 1. The van der Waals surface area contributed by atoms with Gasteiger partial charge in [0.25, 0.3) is 0 Å². The lowest BCUT2D eigenvalue weighted by Gasteiger charge is -2.06. The van der Waals surface area contributed by atoms with Crippen LogP contribution in [0.3, 0.4) is 0 Å². The summed E-state index contributed by atoms with van der Waals surface area (Å²) in [5.74, 6) is 1.38. The Morgan fingerprint density at radius 2 is 2.12 bits per heavy atom. The molecular formula is C11H9NO4. The van der Waals surface area contributed by atoms with Crippen molar-refractivity contribution in [2.75, 3.05) is 0 Å². The number of carbonyl (C=O) groups excluding carboxylic acids is 1. The summed E-state index contributed by atoms with van der Waals surface area (Å²) >= 11 is 0. The summed E-state index contributed by atoms with van der Waals surface area (Å²) in [7, 11) is 0. The Morgan fingerprint density at radius 1 is 1.50 bits per heavy atom. The van der Waals surface area contributed by atoms with Crippen molar-refractivity contribution in [3.8, 4) is 18.1 Å². The average molecular weight is 219 g/mol. The molecule has 1 unspecified atom stereocenters. The van der Waals surface area contributed by atoms with Gasteiger partial charge in [0.15, 0.2) is 0 Å². The minimum atomic E-state index is -1.51. The molecule has 1 atom stereocenters. The van der Waals surface area contributed by atoms with Gasteiger partial charge in [0.05, 0.1) is 6.42 Å². The van der Waals surface area contributed by atoms with Crippen molar-refractivity contribution in [2.45, 2.75) is 12.5 Å². The maximum absolute atomic E-state index is 11.4. The fourth-order valence-corrected chi connectivity index (χ4v) is 1.03. The van der Waals surface area contributed by atoms with Crippen molar-refractivity contribution in [2.24, 2.45) is 0 Å². The third-order valence-electron chi connectivity index (χ3n) is 1.80. The summed E-state index contributed by atoms with van der Waals surface area (Å²) in [5.41, 5.74) is 0. The molecule has 0 aliphatic heterocycles. The van der Waals surface area contributed by atoms with Crippen molar-refractivity contribution in [3.63, 3.8) is 0 Å². The van der Waals surface area contributed by atoms with E-state index >= 15 is 0 Å². The van der Waals surface area contributed by atoms with E-state index < -0.39 is 16.9 Å². The van der Waals surface area contributed by atoms with Crippen LogP contribution in [0.15, 0.2) is 30.3 Å². The molecule has 1 rings (SSSR count). The minimum absolute atomic E-state index is 0.261. The van der Waals surface area contributed by atoms with Gasteiger partial charge in [-0.3, -0.25) is 10.1 Å². The van der Waals surface area contributed by atoms with Crippen LogP contribution in [-0.2, 0) is 4.79 Å². The van der Waals surface area contributed by atoms with Crippen molar-refractivity contribution >= 4 is 5.97 Å². The Balaban J connectivity index is 2.71. The Hall–Kier alpha value is -2.35. The number of rotatable bonds is 4. The molecule has 0 fully saturated rings. The first-order valence-electron chi connectivity index (χ1n) is 4.49. The molecule has 5 heteroatoms. The minimum Gasteiger partial charge on any atom is -0.421 e. The van der Waals surface area contributed by atoms with Crippen LogP contribution in [0.2, 0.25) is 0 Å². The number of hydrogen-bond donors (Lipinski definition) is 0. The highest BCUT2D eigenvalue weighted by atomic mass is 16.6. The monoisotopic (exact) mass is 219 g/mol. The van der Waals surface area contributed by atoms with E-state index in [-0.39, 0.29) is 12.2 Å². The van der Waals surface area contributed by atoms with Crippen LogP contribution in [-0.4, -0.2) is 16.9 Å². The lowest BCUT2D eigenvalue weighted by Crippen LogP contribution is -2.32. The third kappa shape index (κ3) is 3.10. The summed E-state index contributed by atoms with van der Waals surface area (Å²) in [6.07, 6.45) is 4.66. The molecule has 0 amide bonds. The SMILES string of the molecule is C#CCC(C(=O)Oc1ccccc1)[N+](=O)[O-]. The Morgan fingerprint density at radius 3 is 2.62 bits per heavy atom. The van der Waals surface area contributed by atoms with E-state index in [0.29, 0.717) is 0 Å². The standard InChI is InChI=1S/C11H9NO4/c1-2-6-10(12(14)15)11(13)16-9-7-4-3-5-8-9/h1,3-5,7-8,10H,6H2. The van der Waals surface area contributed by atoms with Gasteiger partial charge in [-0.1, -0.05) is 24.1 Å². The van der Waals surface area contributed by atoms with Gasteiger partial charge in [-0.15, -0.1) is 6.42 Å². The van der Waals surface area contributed by atoms with E-state index in [0.717, 1.165) is 0 Å². The van der Waals surface area contributed by atoms with E-state index in [2.05, 4.69) is 5.92 Å². The molecular weight excluding hydrogens is 210 g/mol. The van der Waals surface area contributed by atoms with E-state index in [1.165, 1.54) is 12.1 Å². The molecule has 0 saturated heterocycles. The third-order valence-corrected chi connectivity index (χ3v) is 1.80. The zero-order chi connectivity index (χ0) is 12.0. The predicted octanol–water partition coefficient (Wildman–Crippen LogP) is 1.26. The molecule has 0 saturated carbocycles. The van der Waals surface area contributed by atoms with E-state index in [1.807, 2.05) is 0 Å². The lowest BCUT2D eigenvalue weighted by molar-refractivity contribution is -0.508. The lowest BCUT2D eigenvalue weighted by atomic mass is 10.2. The van der Waals surface area contributed by atoms with Crippen LogP contribution in [0.5, 0.6) is 5.75 Å². The van der Waals surface area contributed by atoms with Crippen molar-refractivity contribution in [3.05, 3.63) is 40.4 Å². The number of terminal acetylenes is 1. The van der Waals surface area contributed by atoms with Gasteiger partial charge >= 0.3 is 12.0 Å². The Kier molecular flexibility index (Phi) is 4.04. The highest BCUT2D eigenvalue weighted by molar-refractivity contribution is 5.77. The summed E-state index contributed by atoms with van der Waals surface area (Å²) in [6.45, 7) is 0. The first kappa shape index (κ1) is 11.7. The molecule has 16 heavy (non-hydrogen) atoms. The summed E-state index contributed by atoms with van der Waals surface area (Å²) in [4.78, 5) is 21.2. The number of para-hydroxylation sites is 1. The van der Waals surface area contributed by atoms with Crippen LogP contribution >= 0.6 is 0 Å². The maximum Gasteiger partial charge on any atom is 0.388 e. The van der Waals surface area contributed by atoms with Crippen LogP contribution in [0.25, 0.3) is 0 Å². The first-order chi connectivity index (χ1) is 7.65. The van der Waals surface area contributed by atoms with Crippen LogP contribution in [0.1, 0.15) is 6.42 Å². The van der Waals surface area contributed by atoms with Crippen molar-refractivity contribution in [1.29, 1.82) is 0 Å². The highest BCUT2D eigenvalue weighted by Crippen LogP contribution is 2.10. The van der Waals surface area contributed by atoms with Gasteiger partial charge < -0.3 is 4.74 Å². The molecule has 1 aromatic carbocycles. The van der Waals surface area contributed by atoms with Crippen molar-refractivity contribution < 1.29 is 14.5 Å². The van der Waals surface area contributed by atoms with Crippen LogP contribution < -0.4 is 4.74 Å². The number of carbonyl (C=O) groups is 1. The second kappa shape index (κ2) is 5.51. The molecule has 5 nitrogen and oxygen atoms in total. The zero-order valence-electron chi connectivity index (χ0n) is 8.33. The summed E-state index contributed by atoms with van der Waals surface area (Å²) in [5, 5.41) is 10.5. The van der Waals surface area contributed by atoms with E-state index in [1.54, 1.807) is 18.2 Å².